The predicted octanol–water partition coefficient (Wildman–Crippen LogP) is 3.68. The number of alkyl halides is 1. The van der Waals surface area contributed by atoms with Crippen LogP contribution in [0.25, 0.3) is 0 Å². The van der Waals surface area contributed by atoms with Gasteiger partial charge in [-0.3, -0.25) is 0 Å². The number of nitrogens with zero attached hydrogens (tertiary/aromatic N) is 3. The average molecular weight is 363 g/mol. The molecule has 1 unspecified atom stereocenters. The average Bonchev–Trinajstić information content (AvgIpc) is 2.71. The van der Waals surface area contributed by atoms with E-state index < -0.39 is 0 Å². The second-order valence-electron chi connectivity index (χ2n) is 3.69. The minimum Gasteiger partial charge on any atom is -0.248 e. The lowest BCUT2D eigenvalue weighted by Crippen LogP contribution is -2.02. The van der Waals surface area contributed by atoms with Crippen LogP contribution in [0.1, 0.15) is 23.0 Å². The van der Waals surface area contributed by atoms with Gasteiger partial charge in [-0.1, -0.05) is 43.1 Å². The summed E-state index contributed by atoms with van der Waals surface area (Å²) in [5.74, 6) is -0.247. The highest BCUT2D eigenvalue weighted by molar-refractivity contribution is 9.10. The topological polar surface area (TPSA) is 30.7 Å². The van der Waals surface area contributed by atoms with Gasteiger partial charge < -0.3 is 0 Å². The molecule has 0 spiro atoms. The van der Waals surface area contributed by atoms with Gasteiger partial charge in [0.05, 0.1) is 17.1 Å². The summed E-state index contributed by atoms with van der Waals surface area (Å²) in [7, 11) is 0. The second-order valence-corrected chi connectivity index (χ2v) is 5.98. The van der Waals surface area contributed by atoms with Gasteiger partial charge in [0.15, 0.2) is 0 Å². The Kier molecular flexibility index (Phi) is 3.93. The van der Waals surface area contributed by atoms with Crippen molar-refractivity contribution in [3.63, 3.8) is 0 Å². The molecule has 0 aliphatic rings. The molecule has 1 heterocycles. The van der Waals surface area contributed by atoms with Crippen LogP contribution in [0.2, 0.25) is 0 Å². The molecule has 0 bridgehead atoms. The SMILES string of the molecule is CC(Br)c1cn(Cc2ccc(Br)cc2F)nn1. The van der Waals surface area contributed by atoms with E-state index in [1.54, 1.807) is 16.9 Å². The minimum atomic E-state index is -0.247. The summed E-state index contributed by atoms with van der Waals surface area (Å²) < 4.78 is 16.0. The fourth-order valence-electron chi connectivity index (χ4n) is 1.40. The highest BCUT2D eigenvalue weighted by Crippen LogP contribution is 2.19. The first-order chi connectivity index (χ1) is 8.06. The summed E-state index contributed by atoms with van der Waals surface area (Å²) in [6.07, 6.45) is 1.81. The van der Waals surface area contributed by atoms with Crippen LogP contribution >= 0.6 is 31.9 Å². The smallest absolute Gasteiger partial charge is 0.129 e. The second kappa shape index (κ2) is 5.27. The largest absolute Gasteiger partial charge is 0.248 e. The minimum absolute atomic E-state index is 0.144. The molecule has 1 aromatic carbocycles. The Morgan fingerprint density at radius 2 is 2.24 bits per heavy atom. The van der Waals surface area contributed by atoms with Gasteiger partial charge in [0.2, 0.25) is 0 Å². The fraction of sp³-hybridized carbons (Fsp3) is 0.273. The van der Waals surface area contributed by atoms with Gasteiger partial charge in [0.1, 0.15) is 5.82 Å². The molecule has 0 saturated heterocycles. The van der Waals surface area contributed by atoms with Crippen LogP contribution in [0.5, 0.6) is 0 Å². The molecule has 1 atom stereocenters. The van der Waals surface area contributed by atoms with E-state index in [2.05, 4.69) is 42.2 Å². The van der Waals surface area contributed by atoms with Crippen LogP contribution < -0.4 is 0 Å². The number of hydrogen-bond donors (Lipinski definition) is 0. The maximum Gasteiger partial charge on any atom is 0.129 e. The molecule has 3 nitrogen and oxygen atoms in total. The molecule has 90 valence electrons. The van der Waals surface area contributed by atoms with E-state index >= 15 is 0 Å². The lowest BCUT2D eigenvalue weighted by atomic mass is 10.2. The van der Waals surface area contributed by atoms with Crippen LogP contribution in [0.15, 0.2) is 28.9 Å². The summed E-state index contributed by atoms with van der Waals surface area (Å²) >= 11 is 6.63. The van der Waals surface area contributed by atoms with E-state index in [1.165, 1.54) is 6.07 Å². The van der Waals surface area contributed by atoms with Gasteiger partial charge in [0.25, 0.3) is 0 Å². The first kappa shape index (κ1) is 12.7. The third kappa shape index (κ3) is 3.13. The summed E-state index contributed by atoms with van der Waals surface area (Å²) in [6, 6.07) is 4.99. The Bertz CT molecular complexity index is 525. The number of aromatic nitrogens is 3. The van der Waals surface area contributed by atoms with Crippen molar-refractivity contribution in [2.24, 2.45) is 0 Å². The molecule has 17 heavy (non-hydrogen) atoms. The van der Waals surface area contributed by atoms with Crippen molar-refractivity contribution in [3.8, 4) is 0 Å². The molecule has 2 rings (SSSR count). The zero-order valence-electron chi connectivity index (χ0n) is 9.07. The van der Waals surface area contributed by atoms with Crippen LogP contribution in [0.4, 0.5) is 4.39 Å². The van der Waals surface area contributed by atoms with Crippen molar-refractivity contribution in [3.05, 3.63) is 45.9 Å². The molecule has 1 aromatic heterocycles. The number of halogens is 3. The molecule has 0 amide bonds. The van der Waals surface area contributed by atoms with Gasteiger partial charge in [-0.05, 0) is 19.1 Å². The van der Waals surface area contributed by atoms with Crippen molar-refractivity contribution in [2.75, 3.05) is 0 Å². The van der Waals surface area contributed by atoms with Crippen molar-refractivity contribution in [1.82, 2.24) is 15.0 Å². The molecule has 0 aliphatic heterocycles. The van der Waals surface area contributed by atoms with E-state index in [-0.39, 0.29) is 10.6 Å². The van der Waals surface area contributed by atoms with E-state index in [9.17, 15) is 4.39 Å². The molecular formula is C11H10Br2FN3. The summed E-state index contributed by atoms with van der Waals surface area (Å²) in [6.45, 7) is 2.35. The first-order valence-corrected chi connectivity index (χ1v) is 6.75. The van der Waals surface area contributed by atoms with Crippen molar-refractivity contribution >= 4 is 31.9 Å². The van der Waals surface area contributed by atoms with Gasteiger partial charge >= 0.3 is 0 Å². The number of hydrogen-bond acceptors (Lipinski definition) is 2. The molecule has 0 aliphatic carbocycles. The third-order valence-corrected chi connectivity index (χ3v) is 3.27. The highest BCUT2D eigenvalue weighted by Gasteiger charge is 2.08. The number of rotatable bonds is 3. The van der Waals surface area contributed by atoms with Crippen LogP contribution in [0.3, 0.4) is 0 Å². The van der Waals surface area contributed by atoms with E-state index in [1.807, 2.05) is 13.0 Å². The van der Waals surface area contributed by atoms with E-state index in [0.717, 1.165) is 10.2 Å². The van der Waals surface area contributed by atoms with Crippen molar-refractivity contribution in [2.45, 2.75) is 18.3 Å². The Morgan fingerprint density at radius 1 is 1.47 bits per heavy atom. The lowest BCUT2D eigenvalue weighted by Gasteiger charge is -2.03. The monoisotopic (exact) mass is 361 g/mol. The van der Waals surface area contributed by atoms with Crippen LogP contribution in [-0.4, -0.2) is 15.0 Å². The molecular weight excluding hydrogens is 353 g/mol. The van der Waals surface area contributed by atoms with Crippen LogP contribution in [-0.2, 0) is 6.54 Å². The maximum atomic E-state index is 13.6. The van der Waals surface area contributed by atoms with Gasteiger partial charge in [-0.15, -0.1) is 5.10 Å². The Labute approximate surface area is 115 Å². The van der Waals surface area contributed by atoms with Gasteiger partial charge in [0, 0.05) is 16.2 Å². The van der Waals surface area contributed by atoms with Crippen molar-refractivity contribution < 1.29 is 4.39 Å². The quantitative estimate of drug-likeness (QED) is 0.779. The highest BCUT2D eigenvalue weighted by atomic mass is 79.9. The first-order valence-electron chi connectivity index (χ1n) is 5.04. The molecule has 0 N–H and O–H groups in total. The zero-order chi connectivity index (χ0) is 12.4. The maximum absolute atomic E-state index is 13.6. The fourth-order valence-corrected chi connectivity index (χ4v) is 1.94. The Morgan fingerprint density at radius 3 is 2.82 bits per heavy atom. The summed E-state index contributed by atoms with van der Waals surface area (Å²) in [5, 5.41) is 7.95. The van der Waals surface area contributed by atoms with Crippen LogP contribution in [0, 0.1) is 5.82 Å². The zero-order valence-corrected chi connectivity index (χ0v) is 12.2. The molecule has 6 heteroatoms. The van der Waals surface area contributed by atoms with Gasteiger partial charge in [-0.2, -0.15) is 0 Å². The Balaban J connectivity index is 2.19. The predicted molar refractivity (Wildman–Crippen MR) is 70.6 cm³/mol. The molecule has 0 radical (unpaired) electrons. The lowest BCUT2D eigenvalue weighted by molar-refractivity contribution is 0.576. The standard InChI is InChI=1S/C11H10Br2FN3/c1-7(12)11-6-17(16-15-11)5-8-2-3-9(13)4-10(8)14/h2-4,6-7H,5H2,1H3. The summed E-state index contributed by atoms with van der Waals surface area (Å²) in [5.41, 5.74) is 1.43. The normalized spacial score (nSPS) is 12.7. The third-order valence-electron chi connectivity index (χ3n) is 2.31. The number of benzene rings is 1. The van der Waals surface area contributed by atoms with E-state index in [4.69, 9.17) is 0 Å². The van der Waals surface area contributed by atoms with E-state index in [0.29, 0.717) is 12.1 Å². The molecule has 0 fully saturated rings. The summed E-state index contributed by atoms with van der Waals surface area (Å²) in [4.78, 5) is 0.144. The molecule has 2 aromatic rings. The molecule has 0 saturated carbocycles. The Hall–Kier alpha value is -0.750. The van der Waals surface area contributed by atoms with Gasteiger partial charge in [-0.25, -0.2) is 9.07 Å². The van der Waals surface area contributed by atoms with Crippen molar-refractivity contribution in [1.29, 1.82) is 0 Å².